The molecule has 0 radical (unpaired) electrons. The van der Waals surface area contributed by atoms with Gasteiger partial charge in [0.15, 0.2) is 0 Å². The highest BCUT2D eigenvalue weighted by atomic mass is 16.1. The van der Waals surface area contributed by atoms with Crippen LogP contribution in [0.5, 0.6) is 0 Å². The number of amides is 1. The van der Waals surface area contributed by atoms with Gasteiger partial charge >= 0.3 is 0 Å². The maximum atomic E-state index is 12.2. The SMILES string of the molecule is CC(C)C(NC(=O)CCC1CCCCN1)c1ccccc1. The zero-order chi connectivity index (χ0) is 15.1. The number of benzene rings is 1. The van der Waals surface area contributed by atoms with Crippen LogP contribution in [0.3, 0.4) is 0 Å². The molecule has 1 aromatic carbocycles. The van der Waals surface area contributed by atoms with Crippen LogP contribution in [0.1, 0.15) is 57.6 Å². The molecular weight excluding hydrogens is 260 g/mol. The Morgan fingerprint density at radius 3 is 2.67 bits per heavy atom. The Balaban J connectivity index is 1.84. The van der Waals surface area contributed by atoms with Crippen LogP contribution in [-0.2, 0) is 4.79 Å². The van der Waals surface area contributed by atoms with Crippen molar-refractivity contribution < 1.29 is 4.79 Å². The second kappa shape index (κ2) is 8.18. The summed E-state index contributed by atoms with van der Waals surface area (Å²) >= 11 is 0. The first-order valence-corrected chi connectivity index (χ1v) is 8.24. The van der Waals surface area contributed by atoms with E-state index in [1.54, 1.807) is 0 Å². The fraction of sp³-hybridized carbons (Fsp3) is 0.611. The first kappa shape index (κ1) is 16.0. The van der Waals surface area contributed by atoms with E-state index >= 15 is 0 Å². The number of hydrogen-bond acceptors (Lipinski definition) is 2. The van der Waals surface area contributed by atoms with Gasteiger partial charge in [-0.1, -0.05) is 50.6 Å². The summed E-state index contributed by atoms with van der Waals surface area (Å²) in [5.74, 6) is 0.564. The second-order valence-electron chi connectivity index (χ2n) is 6.39. The normalized spacial score (nSPS) is 20.2. The molecule has 3 nitrogen and oxygen atoms in total. The fourth-order valence-corrected chi connectivity index (χ4v) is 3.02. The quantitative estimate of drug-likeness (QED) is 0.842. The molecule has 3 heteroatoms. The number of carbonyl (C=O) groups excluding carboxylic acids is 1. The first-order chi connectivity index (χ1) is 10.2. The third kappa shape index (κ3) is 5.16. The van der Waals surface area contributed by atoms with Crippen molar-refractivity contribution in [2.75, 3.05) is 6.54 Å². The number of piperidine rings is 1. The van der Waals surface area contributed by atoms with Crippen molar-refractivity contribution in [3.8, 4) is 0 Å². The molecule has 0 aliphatic carbocycles. The van der Waals surface area contributed by atoms with Crippen LogP contribution in [0, 0.1) is 5.92 Å². The molecule has 1 aliphatic rings. The molecule has 116 valence electrons. The summed E-state index contributed by atoms with van der Waals surface area (Å²) in [6.07, 6.45) is 5.34. The molecule has 2 N–H and O–H groups in total. The van der Waals surface area contributed by atoms with Crippen molar-refractivity contribution in [1.82, 2.24) is 10.6 Å². The topological polar surface area (TPSA) is 41.1 Å². The molecule has 1 amide bonds. The van der Waals surface area contributed by atoms with Gasteiger partial charge in [0, 0.05) is 12.5 Å². The van der Waals surface area contributed by atoms with Gasteiger partial charge in [-0.05, 0) is 37.3 Å². The van der Waals surface area contributed by atoms with Gasteiger partial charge in [-0.2, -0.15) is 0 Å². The minimum atomic E-state index is 0.109. The lowest BCUT2D eigenvalue weighted by Crippen LogP contribution is -2.36. The van der Waals surface area contributed by atoms with E-state index in [4.69, 9.17) is 0 Å². The van der Waals surface area contributed by atoms with Crippen LogP contribution < -0.4 is 10.6 Å². The van der Waals surface area contributed by atoms with E-state index in [0.717, 1.165) is 13.0 Å². The van der Waals surface area contributed by atoms with Crippen LogP contribution in [0.15, 0.2) is 30.3 Å². The highest BCUT2D eigenvalue weighted by molar-refractivity contribution is 5.76. The highest BCUT2D eigenvalue weighted by Crippen LogP contribution is 2.21. The predicted molar refractivity (Wildman–Crippen MR) is 87.0 cm³/mol. The van der Waals surface area contributed by atoms with E-state index in [-0.39, 0.29) is 11.9 Å². The van der Waals surface area contributed by atoms with Gasteiger partial charge in [0.2, 0.25) is 5.91 Å². The highest BCUT2D eigenvalue weighted by Gasteiger charge is 2.19. The summed E-state index contributed by atoms with van der Waals surface area (Å²) < 4.78 is 0. The lowest BCUT2D eigenvalue weighted by atomic mass is 9.95. The van der Waals surface area contributed by atoms with E-state index in [1.165, 1.54) is 24.8 Å². The third-order valence-electron chi connectivity index (χ3n) is 4.27. The van der Waals surface area contributed by atoms with Crippen molar-refractivity contribution in [2.24, 2.45) is 5.92 Å². The van der Waals surface area contributed by atoms with Crippen LogP contribution in [0.4, 0.5) is 0 Å². The lowest BCUT2D eigenvalue weighted by Gasteiger charge is -2.25. The molecule has 1 heterocycles. The molecule has 0 saturated carbocycles. The summed E-state index contributed by atoms with van der Waals surface area (Å²) in [6, 6.07) is 10.9. The van der Waals surface area contributed by atoms with E-state index in [1.807, 2.05) is 18.2 Å². The Labute approximate surface area is 128 Å². The Kier molecular flexibility index (Phi) is 6.24. The van der Waals surface area contributed by atoms with Gasteiger partial charge < -0.3 is 10.6 Å². The predicted octanol–water partition coefficient (Wildman–Crippen LogP) is 3.42. The average molecular weight is 288 g/mol. The van der Waals surface area contributed by atoms with Crippen molar-refractivity contribution in [3.05, 3.63) is 35.9 Å². The summed E-state index contributed by atoms with van der Waals surface area (Å²) in [6.45, 7) is 5.41. The van der Waals surface area contributed by atoms with E-state index in [9.17, 15) is 4.79 Å². The van der Waals surface area contributed by atoms with Crippen LogP contribution >= 0.6 is 0 Å². The van der Waals surface area contributed by atoms with Crippen LogP contribution in [-0.4, -0.2) is 18.5 Å². The minimum Gasteiger partial charge on any atom is -0.349 e. The van der Waals surface area contributed by atoms with Crippen molar-refractivity contribution >= 4 is 5.91 Å². The number of rotatable bonds is 6. The van der Waals surface area contributed by atoms with Gasteiger partial charge in [0.1, 0.15) is 0 Å². The maximum Gasteiger partial charge on any atom is 0.220 e. The van der Waals surface area contributed by atoms with Gasteiger partial charge in [-0.25, -0.2) is 0 Å². The van der Waals surface area contributed by atoms with Crippen molar-refractivity contribution in [1.29, 1.82) is 0 Å². The lowest BCUT2D eigenvalue weighted by molar-refractivity contribution is -0.122. The standard InChI is InChI=1S/C18H28N2O/c1-14(2)18(15-8-4-3-5-9-15)20-17(21)12-11-16-10-6-7-13-19-16/h3-5,8-9,14,16,18-19H,6-7,10-13H2,1-2H3,(H,20,21). The third-order valence-corrected chi connectivity index (χ3v) is 4.27. The molecular formula is C18H28N2O. The Morgan fingerprint density at radius 1 is 1.29 bits per heavy atom. The fourth-order valence-electron chi connectivity index (χ4n) is 3.02. The molecule has 0 spiro atoms. The Bertz CT molecular complexity index is 424. The maximum absolute atomic E-state index is 12.2. The van der Waals surface area contributed by atoms with Crippen LogP contribution in [0.25, 0.3) is 0 Å². The number of hydrogen-bond donors (Lipinski definition) is 2. The Hall–Kier alpha value is -1.35. The van der Waals surface area contributed by atoms with Crippen molar-refractivity contribution in [3.63, 3.8) is 0 Å². The molecule has 0 bridgehead atoms. The van der Waals surface area contributed by atoms with Gasteiger partial charge in [-0.3, -0.25) is 4.79 Å². The molecule has 2 rings (SSSR count). The first-order valence-electron chi connectivity index (χ1n) is 8.24. The minimum absolute atomic E-state index is 0.109. The molecule has 2 unspecified atom stereocenters. The Morgan fingerprint density at radius 2 is 2.05 bits per heavy atom. The molecule has 1 aliphatic heterocycles. The largest absolute Gasteiger partial charge is 0.349 e. The average Bonchev–Trinajstić information content (AvgIpc) is 2.52. The molecule has 0 aromatic heterocycles. The zero-order valence-corrected chi connectivity index (χ0v) is 13.3. The summed E-state index contributed by atoms with van der Waals surface area (Å²) in [4.78, 5) is 12.2. The molecule has 1 fully saturated rings. The molecule has 1 saturated heterocycles. The van der Waals surface area contributed by atoms with E-state index in [2.05, 4.69) is 36.6 Å². The monoisotopic (exact) mass is 288 g/mol. The number of carbonyl (C=O) groups is 1. The smallest absolute Gasteiger partial charge is 0.220 e. The summed E-state index contributed by atoms with van der Waals surface area (Å²) in [7, 11) is 0. The van der Waals surface area contributed by atoms with E-state index in [0.29, 0.717) is 18.4 Å². The van der Waals surface area contributed by atoms with Gasteiger partial charge in [0.25, 0.3) is 0 Å². The van der Waals surface area contributed by atoms with Gasteiger partial charge in [0.05, 0.1) is 6.04 Å². The number of nitrogens with one attached hydrogen (secondary N) is 2. The summed E-state index contributed by atoms with van der Waals surface area (Å²) in [5.41, 5.74) is 1.19. The van der Waals surface area contributed by atoms with Crippen molar-refractivity contribution in [2.45, 2.75) is 58.0 Å². The van der Waals surface area contributed by atoms with Gasteiger partial charge in [-0.15, -0.1) is 0 Å². The van der Waals surface area contributed by atoms with Crippen LogP contribution in [0.2, 0.25) is 0 Å². The molecule has 21 heavy (non-hydrogen) atoms. The zero-order valence-electron chi connectivity index (χ0n) is 13.3. The second-order valence-corrected chi connectivity index (χ2v) is 6.39. The molecule has 1 aromatic rings. The molecule has 2 atom stereocenters. The summed E-state index contributed by atoms with van der Waals surface area (Å²) in [5, 5.41) is 6.71. The van der Waals surface area contributed by atoms with E-state index < -0.39 is 0 Å².